The Hall–Kier alpha value is -1.60. The van der Waals surface area contributed by atoms with Crippen LogP contribution >= 0.6 is 22.7 Å². The molecular formula is C14H18N4OS2. The minimum atomic E-state index is 0.00833. The first kappa shape index (κ1) is 14.3. The number of anilines is 2. The number of nitrogen functional groups attached to an aromatic ring is 1. The second-order valence-electron chi connectivity index (χ2n) is 5.35. The lowest BCUT2D eigenvalue weighted by molar-refractivity contribution is 0.0737. The molecule has 0 bridgehead atoms. The zero-order valence-corrected chi connectivity index (χ0v) is 13.7. The van der Waals surface area contributed by atoms with Gasteiger partial charge in [-0.25, -0.2) is 4.98 Å². The number of hydrogen-bond acceptors (Lipinski definition) is 6. The van der Waals surface area contributed by atoms with E-state index in [9.17, 15) is 4.79 Å². The van der Waals surface area contributed by atoms with Crippen LogP contribution in [0, 0.1) is 0 Å². The molecule has 0 unspecified atom stereocenters. The molecule has 112 valence electrons. The van der Waals surface area contributed by atoms with Gasteiger partial charge in [0.2, 0.25) is 0 Å². The SMILES string of the molecule is CN(C)c1nc(N)c(C(=O)N(Cc2cccs2)C2CC2)s1. The molecule has 2 N–H and O–H groups in total. The van der Waals surface area contributed by atoms with Crippen molar-refractivity contribution in [2.24, 2.45) is 0 Å². The first-order chi connectivity index (χ1) is 10.1. The van der Waals surface area contributed by atoms with Gasteiger partial charge in [-0.1, -0.05) is 17.4 Å². The molecule has 3 rings (SSSR count). The molecular weight excluding hydrogens is 304 g/mol. The third-order valence-electron chi connectivity index (χ3n) is 3.37. The van der Waals surface area contributed by atoms with Gasteiger partial charge < -0.3 is 15.5 Å². The van der Waals surface area contributed by atoms with Gasteiger partial charge in [-0.2, -0.15) is 0 Å². The van der Waals surface area contributed by atoms with E-state index in [2.05, 4.69) is 11.1 Å². The van der Waals surface area contributed by atoms with Crippen molar-refractivity contribution in [2.45, 2.75) is 25.4 Å². The number of aromatic nitrogens is 1. The van der Waals surface area contributed by atoms with Crippen LogP contribution in [0.3, 0.4) is 0 Å². The Labute approximate surface area is 132 Å². The van der Waals surface area contributed by atoms with Crippen molar-refractivity contribution in [2.75, 3.05) is 24.7 Å². The van der Waals surface area contributed by atoms with Crippen LogP contribution in [0.25, 0.3) is 0 Å². The molecule has 2 aromatic heterocycles. The number of amides is 1. The molecule has 1 aliphatic carbocycles. The molecule has 1 saturated carbocycles. The van der Waals surface area contributed by atoms with E-state index in [-0.39, 0.29) is 5.91 Å². The topological polar surface area (TPSA) is 62.5 Å². The van der Waals surface area contributed by atoms with Crippen molar-refractivity contribution in [1.82, 2.24) is 9.88 Å². The van der Waals surface area contributed by atoms with Crippen LogP contribution in [0.4, 0.5) is 10.9 Å². The molecule has 1 amide bonds. The Morgan fingerprint density at radius 2 is 2.24 bits per heavy atom. The van der Waals surface area contributed by atoms with E-state index in [4.69, 9.17) is 5.73 Å². The number of hydrogen-bond donors (Lipinski definition) is 1. The van der Waals surface area contributed by atoms with Crippen LogP contribution in [0.15, 0.2) is 17.5 Å². The smallest absolute Gasteiger partial charge is 0.268 e. The fraction of sp³-hybridized carbons (Fsp3) is 0.429. The van der Waals surface area contributed by atoms with E-state index in [0.29, 0.717) is 23.3 Å². The zero-order valence-electron chi connectivity index (χ0n) is 12.1. The molecule has 2 aromatic rings. The van der Waals surface area contributed by atoms with Gasteiger partial charge in [-0.05, 0) is 24.3 Å². The average molecular weight is 322 g/mol. The van der Waals surface area contributed by atoms with Gasteiger partial charge in [0.15, 0.2) is 5.13 Å². The van der Waals surface area contributed by atoms with E-state index in [1.807, 2.05) is 35.3 Å². The minimum absolute atomic E-state index is 0.00833. The van der Waals surface area contributed by atoms with Crippen LogP contribution in [-0.2, 0) is 6.54 Å². The lowest BCUT2D eigenvalue weighted by Gasteiger charge is -2.21. The standard InChI is InChI=1S/C14H18N4OS2/c1-17(2)14-16-12(15)11(21-14)13(19)18(9-5-6-9)8-10-4-3-7-20-10/h3-4,7,9H,5-6,8,15H2,1-2H3. The van der Waals surface area contributed by atoms with Gasteiger partial charge in [-0.15, -0.1) is 11.3 Å². The number of thiophene rings is 1. The number of carbonyl (C=O) groups is 1. The quantitative estimate of drug-likeness (QED) is 0.919. The summed E-state index contributed by atoms with van der Waals surface area (Å²) < 4.78 is 0. The predicted octanol–water partition coefficient (Wildman–Crippen LogP) is 2.66. The summed E-state index contributed by atoms with van der Waals surface area (Å²) in [6.07, 6.45) is 2.16. The Morgan fingerprint density at radius 1 is 1.48 bits per heavy atom. The lowest BCUT2D eigenvalue weighted by Crippen LogP contribution is -2.32. The summed E-state index contributed by atoms with van der Waals surface area (Å²) in [5, 5.41) is 2.80. The van der Waals surface area contributed by atoms with Crippen molar-refractivity contribution < 1.29 is 4.79 Å². The monoisotopic (exact) mass is 322 g/mol. The molecule has 7 heteroatoms. The Morgan fingerprint density at radius 3 is 2.76 bits per heavy atom. The van der Waals surface area contributed by atoms with E-state index in [1.54, 1.807) is 11.3 Å². The normalized spacial score (nSPS) is 14.2. The number of rotatable bonds is 5. The van der Waals surface area contributed by atoms with Crippen LogP contribution in [0.5, 0.6) is 0 Å². The second kappa shape index (κ2) is 5.65. The van der Waals surface area contributed by atoms with Gasteiger partial charge in [0.05, 0.1) is 6.54 Å². The van der Waals surface area contributed by atoms with Gasteiger partial charge in [0, 0.05) is 25.0 Å². The maximum absolute atomic E-state index is 12.8. The highest BCUT2D eigenvalue weighted by molar-refractivity contribution is 7.18. The fourth-order valence-corrected chi connectivity index (χ4v) is 3.69. The molecule has 0 aliphatic heterocycles. The average Bonchev–Trinajstić information content (AvgIpc) is 3.00. The van der Waals surface area contributed by atoms with Gasteiger partial charge in [-0.3, -0.25) is 4.79 Å². The molecule has 0 radical (unpaired) electrons. The zero-order chi connectivity index (χ0) is 15.0. The number of nitrogens with zero attached hydrogens (tertiary/aromatic N) is 3. The fourth-order valence-electron chi connectivity index (χ4n) is 2.12. The van der Waals surface area contributed by atoms with E-state index >= 15 is 0 Å². The molecule has 0 saturated heterocycles. The van der Waals surface area contributed by atoms with E-state index in [1.165, 1.54) is 16.2 Å². The molecule has 21 heavy (non-hydrogen) atoms. The molecule has 0 spiro atoms. The highest BCUT2D eigenvalue weighted by atomic mass is 32.1. The highest BCUT2D eigenvalue weighted by Crippen LogP contribution is 2.34. The third-order valence-corrected chi connectivity index (χ3v) is 5.46. The maximum atomic E-state index is 12.8. The molecule has 0 atom stereocenters. The first-order valence-electron chi connectivity index (χ1n) is 6.83. The molecule has 2 heterocycles. The summed E-state index contributed by atoms with van der Waals surface area (Å²) in [7, 11) is 3.80. The summed E-state index contributed by atoms with van der Waals surface area (Å²) in [6, 6.07) is 4.43. The minimum Gasteiger partial charge on any atom is -0.382 e. The maximum Gasteiger partial charge on any atom is 0.268 e. The summed E-state index contributed by atoms with van der Waals surface area (Å²) in [6.45, 7) is 0.663. The molecule has 5 nitrogen and oxygen atoms in total. The van der Waals surface area contributed by atoms with Crippen molar-refractivity contribution in [3.8, 4) is 0 Å². The summed E-state index contributed by atoms with van der Waals surface area (Å²) >= 11 is 3.04. The summed E-state index contributed by atoms with van der Waals surface area (Å²) in [4.78, 5) is 22.7. The van der Waals surface area contributed by atoms with E-state index in [0.717, 1.165) is 18.0 Å². The number of nitrogens with two attached hydrogens (primary N) is 1. The van der Waals surface area contributed by atoms with Crippen molar-refractivity contribution in [1.29, 1.82) is 0 Å². The Kier molecular flexibility index (Phi) is 3.86. The highest BCUT2D eigenvalue weighted by Gasteiger charge is 2.35. The first-order valence-corrected chi connectivity index (χ1v) is 8.53. The van der Waals surface area contributed by atoms with E-state index < -0.39 is 0 Å². The van der Waals surface area contributed by atoms with Gasteiger partial charge >= 0.3 is 0 Å². The van der Waals surface area contributed by atoms with Crippen LogP contribution in [0.2, 0.25) is 0 Å². The summed E-state index contributed by atoms with van der Waals surface area (Å²) in [5.41, 5.74) is 5.94. The molecule has 0 aromatic carbocycles. The largest absolute Gasteiger partial charge is 0.382 e. The van der Waals surface area contributed by atoms with Crippen molar-refractivity contribution in [3.63, 3.8) is 0 Å². The lowest BCUT2D eigenvalue weighted by atomic mass is 10.3. The summed E-state index contributed by atoms with van der Waals surface area (Å²) in [5.74, 6) is 0.347. The molecule has 1 aliphatic rings. The van der Waals surface area contributed by atoms with Crippen molar-refractivity contribution >= 4 is 39.5 Å². The van der Waals surface area contributed by atoms with Crippen LogP contribution in [-0.4, -0.2) is 35.9 Å². The van der Waals surface area contributed by atoms with Gasteiger partial charge in [0.25, 0.3) is 5.91 Å². The predicted molar refractivity (Wildman–Crippen MR) is 88.1 cm³/mol. The Bertz CT molecular complexity index is 631. The third kappa shape index (κ3) is 3.03. The van der Waals surface area contributed by atoms with Crippen LogP contribution in [0.1, 0.15) is 27.4 Å². The second-order valence-corrected chi connectivity index (χ2v) is 7.36. The van der Waals surface area contributed by atoms with Gasteiger partial charge in [0.1, 0.15) is 10.7 Å². The van der Waals surface area contributed by atoms with Crippen molar-refractivity contribution in [3.05, 3.63) is 27.3 Å². The number of carbonyl (C=O) groups excluding carboxylic acids is 1. The van der Waals surface area contributed by atoms with Crippen LogP contribution < -0.4 is 10.6 Å². The molecule has 1 fully saturated rings. The number of thiazole rings is 1. The Balaban J connectivity index is 1.84.